The van der Waals surface area contributed by atoms with Crippen molar-refractivity contribution in [3.63, 3.8) is 0 Å². The average Bonchev–Trinajstić information content (AvgIpc) is 2.79. The number of sulfonamides is 1. The summed E-state index contributed by atoms with van der Waals surface area (Å²) in [5, 5.41) is 2.04. The number of carbonyl (C=O) groups is 2. The molecular weight excluding hydrogens is 478 g/mol. The molecule has 0 aliphatic carbocycles. The van der Waals surface area contributed by atoms with E-state index in [1.54, 1.807) is 30.3 Å². The lowest BCUT2D eigenvalue weighted by atomic mass is 10.2. The Morgan fingerprint density at radius 2 is 1.73 bits per heavy atom. The van der Waals surface area contributed by atoms with Crippen molar-refractivity contribution in [3.8, 4) is 0 Å². The number of rotatable bonds is 7. The molecule has 0 saturated heterocycles. The molecule has 11 heteroatoms. The van der Waals surface area contributed by atoms with Crippen LogP contribution in [-0.2, 0) is 19.6 Å². The van der Waals surface area contributed by atoms with E-state index in [1.807, 2.05) is 0 Å². The van der Waals surface area contributed by atoms with Gasteiger partial charge in [-0.15, -0.1) is 0 Å². The molecule has 0 fully saturated rings. The van der Waals surface area contributed by atoms with Gasteiger partial charge in [-0.3, -0.25) is 9.10 Å². The first-order valence-corrected chi connectivity index (χ1v) is 11.2. The number of nitrogens with one attached hydrogen (secondary N) is 1. The lowest BCUT2D eigenvalue weighted by molar-refractivity contribution is -0.119. The first-order chi connectivity index (χ1) is 15.6. The van der Waals surface area contributed by atoms with E-state index in [4.69, 9.17) is 16.3 Å². The van der Waals surface area contributed by atoms with E-state index in [1.165, 1.54) is 19.2 Å². The maximum absolute atomic E-state index is 13.6. The van der Waals surface area contributed by atoms with Crippen molar-refractivity contribution in [2.24, 2.45) is 0 Å². The minimum Gasteiger partial charge on any atom is -0.452 e. The molecule has 0 atom stereocenters. The monoisotopic (exact) mass is 494 g/mol. The topological polar surface area (TPSA) is 92.8 Å². The second-order valence-corrected chi connectivity index (χ2v) is 9.07. The van der Waals surface area contributed by atoms with Gasteiger partial charge in [0, 0.05) is 13.1 Å². The number of ether oxygens (including phenoxy) is 1. The van der Waals surface area contributed by atoms with Crippen LogP contribution in [0.2, 0.25) is 5.02 Å². The van der Waals surface area contributed by atoms with Gasteiger partial charge in [0.2, 0.25) is 0 Å². The Labute approximate surface area is 193 Å². The molecule has 1 amide bonds. The van der Waals surface area contributed by atoms with Gasteiger partial charge in [0.15, 0.2) is 6.61 Å². The second kappa shape index (κ2) is 9.97. The van der Waals surface area contributed by atoms with Gasteiger partial charge in [0.25, 0.3) is 15.9 Å². The standard InChI is InChI=1S/C22H17ClF2N2O5S/c1-27(15-5-3-2-4-6-15)33(30,31)16-8-9-18(23)17(12-16)22(29)32-13-21(28)26-20-10-7-14(24)11-19(20)25/h2-12H,13H2,1H3,(H,26,28). The van der Waals surface area contributed by atoms with E-state index in [2.05, 4.69) is 5.32 Å². The number of anilines is 2. The average molecular weight is 495 g/mol. The second-order valence-electron chi connectivity index (χ2n) is 6.70. The van der Waals surface area contributed by atoms with Crippen molar-refractivity contribution in [2.75, 3.05) is 23.3 Å². The number of benzene rings is 3. The minimum absolute atomic E-state index is 0.0914. The molecule has 172 valence electrons. The number of hydrogen-bond donors (Lipinski definition) is 1. The third-order valence-electron chi connectivity index (χ3n) is 4.48. The zero-order valence-electron chi connectivity index (χ0n) is 17.1. The Morgan fingerprint density at radius 1 is 1.03 bits per heavy atom. The molecule has 0 spiro atoms. The zero-order chi connectivity index (χ0) is 24.2. The summed E-state index contributed by atoms with van der Waals surface area (Å²) in [4.78, 5) is 24.2. The molecule has 0 aliphatic heterocycles. The van der Waals surface area contributed by atoms with E-state index in [0.717, 1.165) is 22.5 Å². The van der Waals surface area contributed by atoms with E-state index in [0.29, 0.717) is 11.8 Å². The normalized spacial score (nSPS) is 11.0. The van der Waals surface area contributed by atoms with E-state index in [9.17, 15) is 26.8 Å². The fraction of sp³-hybridized carbons (Fsp3) is 0.0909. The quantitative estimate of drug-likeness (QED) is 0.496. The molecule has 0 radical (unpaired) electrons. The molecule has 1 N–H and O–H groups in total. The number of para-hydroxylation sites is 1. The lowest BCUT2D eigenvalue weighted by Gasteiger charge is -2.20. The smallest absolute Gasteiger partial charge is 0.340 e. The van der Waals surface area contributed by atoms with Gasteiger partial charge in [0.1, 0.15) is 11.6 Å². The summed E-state index contributed by atoms with van der Waals surface area (Å²) in [6.07, 6.45) is 0. The molecule has 3 aromatic rings. The Morgan fingerprint density at radius 3 is 2.39 bits per heavy atom. The summed E-state index contributed by atoms with van der Waals surface area (Å²) in [5.74, 6) is -3.77. The summed E-state index contributed by atoms with van der Waals surface area (Å²) >= 11 is 6.02. The van der Waals surface area contributed by atoms with Crippen LogP contribution in [0.4, 0.5) is 20.2 Å². The molecule has 0 heterocycles. The third-order valence-corrected chi connectivity index (χ3v) is 6.59. The molecule has 0 bridgehead atoms. The first-order valence-electron chi connectivity index (χ1n) is 9.35. The Bertz CT molecular complexity index is 1300. The molecule has 3 aromatic carbocycles. The summed E-state index contributed by atoms with van der Waals surface area (Å²) in [7, 11) is -2.67. The molecule has 0 unspecified atom stereocenters. The summed E-state index contributed by atoms with van der Waals surface area (Å²) in [6.45, 7) is -0.813. The molecule has 33 heavy (non-hydrogen) atoms. The lowest BCUT2D eigenvalue weighted by Crippen LogP contribution is -2.27. The third kappa shape index (κ3) is 5.65. The first kappa shape index (κ1) is 24.1. The number of amides is 1. The molecule has 0 saturated carbocycles. The van der Waals surface area contributed by atoms with Crippen LogP contribution in [0.1, 0.15) is 10.4 Å². The summed E-state index contributed by atoms with van der Waals surface area (Å²) < 4.78 is 58.4. The van der Waals surface area contributed by atoms with Gasteiger partial charge in [-0.05, 0) is 42.5 Å². The maximum Gasteiger partial charge on any atom is 0.340 e. The summed E-state index contributed by atoms with van der Waals surface area (Å²) in [5.41, 5.74) is -0.172. The van der Waals surface area contributed by atoms with Crippen LogP contribution in [0.5, 0.6) is 0 Å². The molecule has 0 aromatic heterocycles. The molecule has 7 nitrogen and oxygen atoms in total. The zero-order valence-corrected chi connectivity index (χ0v) is 18.7. The highest BCUT2D eigenvalue weighted by Crippen LogP contribution is 2.26. The highest BCUT2D eigenvalue weighted by Gasteiger charge is 2.24. The van der Waals surface area contributed by atoms with Crippen LogP contribution >= 0.6 is 11.6 Å². The van der Waals surface area contributed by atoms with Crippen LogP contribution in [0.3, 0.4) is 0 Å². The highest BCUT2D eigenvalue weighted by atomic mass is 35.5. The number of esters is 1. The fourth-order valence-electron chi connectivity index (χ4n) is 2.74. The number of carbonyl (C=O) groups excluding carboxylic acids is 2. The fourth-order valence-corrected chi connectivity index (χ4v) is 4.16. The number of nitrogens with zero attached hydrogens (tertiary/aromatic N) is 1. The number of halogens is 3. The van der Waals surface area contributed by atoms with E-state index in [-0.39, 0.29) is 21.2 Å². The van der Waals surface area contributed by atoms with Crippen molar-refractivity contribution in [3.05, 3.63) is 89.0 Å². The van der Waals surface area contributed by atoms with Gasteiger partial charge in [0.05, 0.1) is 26.9 Å². The Balaban J connectivity index is 1.73. The molecule has 3 rings (SSSR count). The van der Waals surface area contributed by atoms with Gasteiger partial charge < -0.3 is 10.1 Å². The largest absolute Gasteiger partial charge is 0.452 e. The van der Waals surface area contributed by atoms with Gasteiger partial charge >= 0.3 is 5.97 Å². The maximum atomic E-state index is 13.6. The SMILES string of the molecule is CN(c1ccccc1)S(=O)(=O)c1ccc(Cl)c(C(=O)OCC(=O)Nc2ccc(F)cc2F)c1. The van der Waals surface area contributed by atoms with Crippen molar-refractivity contribution in [1.29, 1.82) is 0 Å². The van der Waals surface area contributed by atoms with Crippen LogP contribution in [0.25, 0.3) is 0 Å². The van der Waals surface area contributed by atoms with Gasteiger partial charge in [-0.25, -0.2) is 22.0 Å². The predicted octanol–water partition coefficient (Wildman–Crippen LogP) is 4.24. The van der Waals surface area contributed by atoms with Crippen LogP contribution in [-0.4, -0.2) is 33.9 Å². The highest BCUT2D eigenvalue weighted by molar-refractivity contribution is 7.92. The van der Waals surface area contributed by atoms with Crippen LogP contribution in [0, 0.1) is 11.6 Å². The molecular formula is C22H17ClF2N2O5S. The predicted molar refractivity (Wildman–Crippen MR) is 119 cm³/mol. The Kier molecular flexibility index (Phi) is 7.29. The molecule has 0 aliphatic rings. The minimum atomic E-state index is -4.03. The van der Waals surface area contributed by atoms with E-state index < -0.39 is 40.1 Å². The number of hydrogen-bond acceptors (Lipinski definition) is 5. The van der Waals surface area contributed by atoms with Gasteiger partial charge in [-0.2, -0.15) is 0 Å². The Hall–Kier alpha value is -3.50. The van der Waals surface area contributed by atoms with Crippen LogP contribution in [0.15, 0.2) is 71.6 Å². The van der Waals surface area contributed by atoms with Crippen molar-refractivity contribution < 1.29 is 31.5 Å². The van der Waals surface area contributed by atoms with Crippen LogP contribution < -0.4 is 9.62 Å². The van der Waals surface area contributed by atoms with E-state index >= 15 is 0 Å². The summed E-state index contributed by atoms with van der Waals surface area (Å²) in [6, 6.07) is 14.3. The van der Waals surface area contributed by atoms with Crippen molar-refractivity contribution in [1.82, 2.24) is 0 Å². The van der Waals surface area contributed by atoms with Crippen molar-refractivity contribution >= 4 is 44.9 Å². The van der Waals surface area contributed by atoms with Gasteiger partial charge in [-0.1, -0.05) is 29.8 Å². The van der Waals surface area contributed by atoms with Crippen molar-refractivity contribution in [2.45, 2.75) is 4.90 Å².